The van der Waals surface area contributed by atoms with E-state index in [0.717, 1.165) is 25.5 Å². The van der Waals surface area contributed by atoms with Gasteiger partial charge in [0.15, 0.2) is 0 Å². The zero-order chi connectivity index (χ0) is 18.1. The van der Waals surface area contributed by atoms with Gasteiger partial charge in [0.1, 0.15) is 11.5 Å². The summed E-state index contributed by atoms with van der Waals surface area (Å²) in [7, 11) is 0. The quantitative estimate of drug-likeness (QED) is 0.640. The number of anilines is 1. The Hall–Kier alpha value is -2.47. The van der Waals surface area contributed by atoms with Crippen molar-refractivity contribution in [2.75, 3.05) is 5.32 Å². The fourth-order valence-electron chi connectivity index (χ4n) is 4.44. The Morgan fingerprint density at radius 2 is 1.81 bits per heavy atom. The lowest BCUT2D eigenvalue weighted by Crippen LogP contribution is -2.46. The van der Waals surface area contributed by atoms with Gasteiger partial charge in [-0.2, -0.15) is 0 Å². The van der Waals surface area contributed by atoms with Crippen molar-refractivity contribution >= 4 is 11.4 Å². The Morgan fingerprint density at radius 1 is 1.12 bits per heavy atom. The number of benzene rings is 2. The highest BCUT2D eigenvalue weighted by molar-refractivity contribution is 5.62. The number of nitrogens with one attached hydrogen (secondary N) is 1. The van der Waals surface area contributed by atoms with Crippen LogP contribution in [0.15, 0.2) is 48.5 Å². The van der Waals surface area contributed by atoms with Crippen LogP contribution < -0.4 is 5.32 Å². The molecule has 2 aliphatic heterocycles. The molecule has 0 aliphatic carbocycles. The minimum atomic E-state index is -0.583. The zero-order valence-electron chi connectivity index (χ0n) is 14.5. The maximum absolute atomic E-state index is 13.3. The number of hydrogen-bond acceptors (Lipinski definition) is 4. The summed E-state index contributed by atoms with van der Waals surface area (Å²) in [6.07, 6.45) is 4.25. The van der Waals surface area contributed by atoms with Crippen molar-refractivity contribution < 1.29 is 9.31 Å². The number of nitrogens with zero attached hydrogens (tertiary/aromatic N) is 2. The van der Waals surface area contributed by atoms with Crippen LogP contribution in [0.1, 0.15) is 31.2 Å². The largest absolute Gasteiger partial charge is 0.377 e. The summed E-state index contributed by atoms with van der Waals surface area (Å²) >= 11 is 0. The van der Waals surface area contributed by atoms with Crippen LogP contribution in [-0.4, -0.2) is 27.9 Å². The van der Waals surface area contributed by atoms with E-state index in [1.165, 1.54) is 30.5 Å². The van der Waals surface area contributed by atoms with Crippen LogP contribution >= 0.6 is 0 Å². The van der Waals surface area contributed by atoms with E-state index >= 15 is 0 Å². The Kier molecular flexibility index (Phi) is 4.59. The van der Waals surface area contributed by atoms with Gasteiger partial charge in [0.25, 0.3) is 5.69 Å². The summed E-state index contributed by atoms with van der Waals surface area (Å²) in [5, 5.41) is 14.5. The van der Waals surface area contributed by atoms with Gasteiger partial charge in [-0.1, -0.05) is 30.3 Å². The normalized spacial score (nSPS) is 25.2. The highest BCUT2D eigenvalue weighted by atomic mass is 19.1. The average molecular weight is 355 g/mol. The molecule has 26 heavy (non-hydrogen) atoms. The van der Waals surface area contributed by atoms with E-state index in [-0.39, 0.29) is 11.7 Å². The number of rotatable bonds is 5. The Labute approximate surface area is 152 Å². The second-order valence-corrected chi connectivity index (χ2v) is 7.27. The van der Waals surface area contributed by atoms with Crippen LogP contribution in [-0.2, 0) is 6.54 Å². The number of hydrogen-bond donors (Lipinski definition) is 1. The van der Waals surface area contributed by atoms with Gasteiger partial charge in [0.05, 0.1) is 11.0 Å². The van der Waals surface area contributed by atoms with Crippen molar-refractivity contribution in [3.63, 3.8) is 0 Å². The maximum Gasteiger partial charge on any atom is 0.295 e. The number of fused-ring (bicyclic) bond motifs is 2. The summed E-state index contributed by atoms with van der Waals surface area (Å²) in [6, 6.07) is 15.4. The molecule has 2 fully saturated rings. The summed E-state index contributed by atoms with van der Waals surface area (Å²) in [5.74, 6) is -0.583. The standard InChI is InChI=1S/C20H22FN3O2/c21-15-6-9-19(20(10-15)24(25)26)22-16-11-17-7-8-18(12-16)23(17)13-14-4-2-1-3-5-14/h1-6,9-10,16-18,22H,7-8,11-13H2/t16-,17-,18+. The molecular weight excluding hydrogens is 333 g/mol. The zero-order valence-corrected chi connectivity index (χ0v) is 14.5. The van der Waals surface area contributed by atoms with Crippen LogP contribution in [0.2, 0.25) is 0 Å². The molecule has 0 saturated carbocycles. The molecule has 3 atom stereocenters. The molecule has 1 N–H and O–H groups in total. The first-order valence-electron chi connectivity index (χ1n) is 9.10. The summed E-state index contributed by atoms with van der Waals surface area (Å²) < 4.78 is 13.3. The number of nitro benzene ring substituents is 1. The first kappa shape index (κ1) is 17.0. The SMILES string of the molecule is O=[N+]([O-])c1cc(F)ccc1N[C@@H]1C[C@H]2CC[C@@H](C1)N2Cc1ccccc1. The molecule has 2 bridgehead atoms. The van der Waals surface area contributed by atoms with Gasteiger partial charge in [-0.3, -0.25) is 15.0 Å². The van der Waals surface area contributed by atoms with Crippen molar-refractivity contribution in [3.05, 3.63) is 70.0 Å². The van der Waals surface area contributed by atoms with Gasteiger partial charge in [-0.25, -0.2) is 4.39 Å². The lowest BCUT2D eigenvalue weighted by molar-refractivity contribution is -0.384. The van der Waals surface area contributed by atoms with Crippen LogP contribution in [0.5, 0.6) is 0 Å². The highest BCUT2D eigenvalue weighted by Crippen LogP contribution is 2.38. The molecule has 5 nitrogen and oxygen atoms in total. The van der Waals surface area contributed by atoms with Crippen molar-refractivity contribution in [1.29, 1.82) is 0 Å². The molecule has 4 rings (SSSR count). The molecule has 6 heteroatoms. The van der Waals surface area contributed by atoms with Crippen LogP contribution in [0.3, 0.4) is 0 Å². The summed E-state index contributed by atoms with van der Waals surface area (Å²) in [5.41, 5.74) is 1.55. The van der Waals surface area contributed by atoms with Gasteiger partial charge < -0.3 is 5.32 Å². The smallest absolute Gasteiger partial charge is 0.295 e. The Morgan fingerprint density at radius 3 is 2.46 bits per heavy atom. The van der Waals surface area contributed by atoms with E-state index in [1.807, 2.05) is 6.07 Å². The molecule has 2 aliphatic rings. The van der Waals surface area contributed by atoms with Crippen LogP contribution in [0.4, 0.5) is 15.8 Å². The number of halogens is 1. The third-order valence-corrected chi connectivity index (χ3v) is 5.61. The monoisotopic (exact) mass is 355 g/mol. The molecule has 2 heterocycles. The summed E-state index contributed by atoms with van der Waals surface area (Å²) in [4.78, 5) is 13.3. The lowest BCUT2D eigenvalue weighted by atomic mass is 9.96. The number of piperidine rings is 1. The highest BCUT2D eigenvalue weighted by Gasteiger charge is 2.40. The molecule has 0 radical (unpaired) electrons. The fourth-order valence-corrected chi connectivity index (χ4v) is 4.44. The van der Waals surface area contributed by atoms with E-state index in [9.17, 15) is 14.5 Å². The van der Waals surface area contributed by atoms with Gasteiger partial charge in [-0.05, 0) is 43.4 Å². The van der Waals surface area contributed by atoms with E-state index in [0.29, 0.717) is 17.8 Å². The van der Waals surface area contributed by atoms with Crippen LogP contribution in [0, 0.1) is 15.9 Å². The van der Waals surface area contributed by atoms with E-state index in [4.69, 9.17) is 0 Å². The minimum absolute atomic E-state index is 0.184. The van der Waals surface area contributed by atoms with Gasteiger partial charge >= 0.3 is 0 Å². The second-order valence-electron chi connectivity index (χ2n) is 7.27. The molecule has 0 unspecified atom stereocenters. The first-order valence-corrected chi connectivity index (χ1v) is 9.10. The van der Waals surface area contributed by atoms with E-state index in [2.05, 4.69) is 34.5 Å². The lowest BCUT2D eigenvalue weighted by Gasteiger charge is -2.39. The summed E-state index contributed by atoms with van der Waals surface area (Å²) in [6.45, 7) is 0.958. The van der Waals surface area contributed by atoms with E-state index in [1.54, 1.807) is 0 Å². The van der Waals surface area contributed by atoms with Crippen molar-refractivity contribution in [2.45, 2.75) is 50.4 Å². The molecule has 0 aromatic heterocycles. The molecule has 2 aromatic carbocycles. The topological polar surface area (TPSA) is 58.4 Å². The molecular formula is C20H22FN3O2. The first-order chi connectivity index (χ1) is 12.6. The van der Waals surface area contributed by atoms with Crippen molar-refractivity contribution in [2.24, 2.45) is 0 Å². The molecule has 136 valence electrons. The Bertz CT molecular complexity index is 785. The van der Waals surface area contributed by atoms with Crippen LogP contribution in [0.25, 0.3) is 0 Å². The van der Waals surface area contributed by atoms with E-state index < -0.39 is 10.7 Å². The van der Waals surface area contributed by atoms with Gasteiger partial charge in [0, 0.05) is 24.7 Å². The van der Waals surface area contributed by atoms with Gasteiger partial charge in [0.2, 0.25) is 0 Å². The Balaban J connectivity index is 1.45. The third-order valence-electron chi connectivity index (χ3n) is 5.61. The average Bonchev–Trinajstić information content (AvgIpc) is 2.86. The molecule has 0 amide bonds. The van der Waals surface area contributed by atoms with Crippen molar-refractivity contribution in [1.82, 2.24) is 4.90 Å². The van der Waals surface area contributed by atoms with Crippen molar-refractivity contribution in [3.8, 4) is 0 Å². The molecule has 0 spiro atoms. The second kappa shape index (κ2) is 7.03. The van der Waals surface area contributed by atoms with Gasteiger partial charge in [-0.15, -0.1) is 0 Å². The predicted molar refractivity (Wildman–Crippen MR) is 98.5 cm³/mol. The third kappa shape index (κ3) is 3.42. The minimum Gasteiger partial charge on any atom is -0.377 e. The fraction of sp³-hybridized carbons (Fsp3) is 0.400. The maximum atomic E-state index is 13.3. The molecule has 2 saturated heterocycles. The molecule has 2 aromatic rings. The predicted octanol–water partition coefficient (Wildman–Crippen LogP) is 4.34. The number of nitro groups is 1.